The summed E-state index contributed by atoms with van der Waals surface area (Å²) in [6.07, 6.45) is 0.697. The second-order valence-corrected chi connectivity index (χ2v) is 11.3. The van der Waals surface area contributed by atoms with Gasteiger partial charge in [0.05, 0.1) is 24.8 Å². The number of methoxy groups -OCH3 is 2. The fraction of sp³-hybridized carbons (Fsp3) is 0.333. The third kappa shape index (κ3) is 7.75. The van der Waals surface area contributed by atoms with Gasteiger partial charge in [0.2, 0.25) is 11.8 Å². The highest BCUT2D eigenvalue weighted by Gasteiger charge is 2.34. The number of rotatable bonds is 13. The van der Waals surface area contributed by atoms with Crippen molar-refractivity contribution in [2.24, 2.45) is 0 Å². The minimum Gasteiger partial charge on any atom is -0.497 e. The number of nitrogens with zero attached hydrogens (tertiary/aromatic N) is 2. The highest BCUT2D eigenvalue weighted by molar-refractivity contribution is 7.92. The number of carbonyl (C=O) groups is 2. The summed E-state index contributed by atoms with van der Waals surface area (Å²) in [7, 11) is -1.46. The molecule has 0 heterocycles. The molecule has 1 N–H and O–H groups in total. The van der Waals surface area contributed by atoms with Gasteiger partial charge in [0.15, 0.2) is 0 Å². The average molecular weight is 586 g/mol. The van der Waals surface area contributed by atoms with Crippen molar-refractivity contribution in [2.45, 2.75) is 44.7 Å². The smallest absolute Gasteiger partial charge is 0.264 e. The summed E-state index contributed by atoms with van der Waals surface area (Å²) in [5.41, 5.74) is 1.52. The molecule has 11 heteroatoms. The molecule has 3 aromatic carbocycles. The van der Waals surface area contributed by atoms with Gasteiger partial charge >= 0.3 is 0 Å². The molecule has 0 radical (unpaired) electrons. The largest absolute Gasteiger partial charge is 0.497 e. The first-order chi connectivity index (χ1) is 19.5. The van der Waals surface area contributed by atoms with Gasteiger partial charge in [-0.25, -0.2) is 12.8 Å². The Hall–Kier alpha value is -4.12. The van der Waals surface area contributed by atoms with Crippen molar-refractivity contribution >= 4 is 27.5 Å². The second-order valence-electron chi connectivity index (χ2n) is 9.48. The number of carbonyl (C=O) groups excluding carboxylic acids is 2. The Morgan fingerprint density at radius 1 is 0.976 bits per heavy atom. The van der Waals surface area contributed by atoms with Crippen LogP contribution in [-0.2, 0) is 26.2 Å². The highest BCUT2D eigenvalue weighted by Crippen LogP contribution is 2.36. The minimum atomic E-state index is -4.30. The number of ether oxygens (including phenoxy) is 2. The SMILES string of the molecule is CCCNC(=O)C(C)N(Cc1ccc(F)cc1)C(=O)CN(c1cc(OC)ccc1OC)S(=O)(=O)c1ccc(C)cc1. The summed E-state index contributed by atoms with van der Waals surface area (Å²) < 4.78 is 53.4. The van der Waals surface area contributed by atoms with Crippen LogP contribution in [0.4, 0.5) is 10.1 Å². The number of anilines is 1. The van der Waals surface area contributed by atoms with E-state index in [0.29, 0.717) is 24.3 Å². The molecule has 1 atom stereocenters. The van der Waals surface area contributed by atoms with Crippen LogP contribution in [0.2, 0.25) is 0 Å². The Balaban J connectivity index is 2.10. The molecule has 0 aliphatic heterocycles. The van der Waals surface area contributed by atoms with Crippen molar-refractivity contribution in [1.29, 1.82) is 0 Å². The van der Waals surface area contributed by atoms with Crippen LogP contribution in [0, 0.1) is 12.7 Å². The molecule has 1 unspecified atom stereocenters. The minimum absolute atomic E-state index is 0.0282. The van der Waals surface area contributed by atoms with Crippen molar-refractivity contribution in [3.8, 4) is 11.5 Å². The van der Waals surface area contributed by atoms with E-state index in [9.17, 15) is 22.4 Å². The fourth-order valence-corrected chi connectivity index (χ4v) is 5.52. The van der Waals surface area contributed by atoms with Gasteiger partial charge in [0.25, 0.3) is 10.0 Å². The molecule has 3 rings (SSSR count). The van der Waals surface area contributed by atoms with Gasteiger partial charge in [-0.2, -0.15) is 0 Å². The van der Waals surface area contributed by atoms with E-state index in [0.717, 1.165) is 9.87 Å². The zero-order valence-corrected chi connectivity index (χ0v) is 24.7. The molecule has 0 aliphatic carbocycles. The molecule has 0 spiro atoms. The third-order valence-corrected chi connectivity index (χ3v) is 8.30. The number of nitrogens with one attached hydrogen (secondary N) is 1. The molecule has 9 nitrogen and oxygen atoms in total. The maximum atomic E-state index is 14.0. The standard InChI is InChI=1S/C30H36FN3O6S/c1-6-17-32-30(36)22(3)33(19-23-9-11-24(31)12-10-23)29(35)20-34(27-18-25(39-4)13-16-28(27)40-5)41(37,38)26-14-7-21(2)8-15-26/h7-16,18,22H,6,17,19-20H2,1-5H3,(H,32,36). The lowest BCUT2D eigenvalue weighted by Crippen LogP contribution is -2.51. The van der Waals surface area contributed by atoms with Crippen LogP contribution in [0.1, 0.15) is 31.4 Å². The van der Waals surface area contributed by atoms with Crippen molar-refractivity contribution in [3.05, 3.63) is 83.7 Å². The average Bonchev–Trinajstić information content (AvgIpc) is 2.97. The molecule has 41 heavy (non-hydrogen) atoms. The Labute approximate surface area is 240 Å². The quantitative estimate of drug-likeness (QED) is 0.321. The van der Waals surface area contributed by atoms with E-state index < -0.39 is 40.2 Å². The van der Waals surface area contributed by atoms with E-state index in [1.54, 1.807) is 31.2 Å². The van der Waals surface area contributed by atoms with Crippen molar-refractivity contribution in [3.63, 3.8) is 0 Å². The molecule has 0 aliphatic rings. The number of halogens is 1. The van der Waals surface area contributed by atoms with E-state index in [2.05, 4.69) is 5.32 Å². The molecule has 0 fully saturated rings. The summed E-state index contributed by atoms with van der Waals surface area (Å²) in [5, 5.41) is 2.78. The van der Waals surface area contributed by atoms with Crippen LogP contribution in [0.25, 0.3) is 0 Å². The first-order valence-electron chi connectivity index (χ1n) is 13.1. The van der Waals surface area contributed by atoms with E-state index in [-0.39, 0.29) is 22.9 Å². The zero-order chi connectivity index (χ0) is 30.2. The van der Waals surface area contributed by atoms with E-state index in [4.69, 9.17) is 9.47 Å². The van der Waals surface area contributed by atoms with Crippen LogP contribution >= 0.6 is 0 Å². The second kappa shape index (κ2) is 14.0. The van der Waals surface area contributed by atoms with Gasteiger partial charge in [-0.3, -0.25) is 13.9 Å². The Morgan fingerprint density at radius 3 is 2.22 bits per heavy atom. The lowest BCUT2D eigenvalue weighted by atomic mass is 10.1. The van der Waals surface area contributed by atoms with E-state index in [1.165, 1.54) is 61.6 Å². The van der Waals surface area contributed by atoms with Crippen LogP contribution < -0.4 is 19.1 Å². The number of hydrogen-bond acceptors (Lipinski definition) is 6. The molecule has 220 valence electrons. The lowest BCUT2D eigenvalue weighted by Gasteiger charge is -2.32. The zero-order valence-electron chi connectivity index (χ0n) is 23.9. The predicted octanol–water partition coefficient (Wildman–Crippen LogP) is 4.29. The molecular formula is C30H36FN3O6S. The third-order valence-electron chi connectivity index (χ3n) is 6.53. The van der Waals surface area contributed by atoms with E-state index >= 15 is 0 Å². The predicted molar refractivity (Wildman–Crippen MR) is 155 cm³/mol. The monoisotopic (exact) mass is 585 g/mol. The van der Waals surface area contributed by atoms with E-state index in [1.807, 2.05) is 13.8 Å². The lowest BCUT2D eigenvalue weighted by molar-refractivity contribution is -0.139. The van der Waals surface area contributed by atoms with Crippen LogP contribution in [0.3, 0.4) is 0 Å². The van der Waals surface area contributed by atoms with Gasteiger partial charge < -0.3 is 19.7 Å². The molecule has 2 amide bonds. The van der Waals surface area contributed by atoms with Crippen molar-refractivity contribution in [2.75, 3.05) is 31.6 Å². The van der Waals surface area contributed by atoms with Crippen LogP contribution in [0.15, 0.2) is 71.6 Å². The van der Waals surface area contributed by atoms with Gasteiger partial charge in [0.1, 0.15) is 29.9 Å². The van der Waals surface area contributed by atoms with Gasteiger partial charge in [0, 0.05) is 19.2 Å². The van der Waals surface area contributed by atoms with Crippen LogP contribution in [-0.4, -0.2) is 58.5 Å². The maximum Gasteiger partial charge on any atom is 0.264 e. The topological polar surface area (TPSA) is 105 Å². The Bertz CT molecular complexity index is 1450. The number of amides is 2. The first-order valence-corrected chi connectivity index (χ1v) is 14.6. The summed E-state index contributed by atoms with van der Waals surface area (Å²) in [5.74, 6) is -0.926. The van der Waals surface area contributed by atoms with Crippen molar-refractivity contribution < 1.29 is 31.9 Å². The fourth-order valence-electron chi connectivity index (χ4n) is 4.11. The van der Waals surface area contributed by atoms with Gasteiger partial charge in [-0.15, -0.1) is 0 Å². The molecule has 0 saturated heterocycles. The van der Waals surface area contributed by atoms with Crippen molar-refractivity contribution in [1.82, 2.24) is 10.2 Å². The van der Waals surface area contributed by atoms with Gasteiger partial charge in [-0.1, -0.05) is 36.8 Å². The first kappa shape index (κ1) is 31.4. The number of sulfonamides is 1. The Kier molecular flexibility index (Phi) is 10.7. The molecular weight excluding hydrogens is 549 g/mol. The molecule has 3 aromatic rings. The highest BCUT2D eigenvalue weighted by atomic mass is 32.2. The van der Waals surface area contributed by atoms with Gasteiger partial charge in [-0.05, 0) is 62.2 Å². The maximum absolute atomic E-state index is 14.0. The Morgan fingerprint density at radius 2 is 1.63 bits per heavy atom. The number of aryl methyl sites for hydroxylation is 1. The summed E-state index contributed by atoms with van der Waals surface area (Å²) in [4.78, 5) is 28.2. The molecule has 0 aromatic heterocycles. The van der Waals surface area contributed by atoms with Crippen LogP contribution in [0.5, 0.6) is 11.5 Å². The normalized spacial score (nSPS) is 11.9. The summed E-state index contributed by atoms with van der Waals surface area (Å²) in [6, 6.07) is 15.5. The molecule has 0 saturated carbocycles. The number of benzene rings is 3. The summed E-state index contributed by atoms with van der Waals surface area (Å²) in [6.45, 7) is 5.02. The molecule has 0 bridgehead atoms. The number of hydrogen-bond donors (Lipinski definition) is 1. The summed E-state index contributed by atoms with van der Waals surface area (Å²) >= 11 is 0.